The Morgan fingerprint density at radius 3 is 1.79 bits per heavy atom. The smallest absolute Gasteiger partial charge is 0.380 e. The third kappa shape index (κ3) is 1.83. The van der Waals surface area contributed by atoms with Crippen molar-refractivity contribution in [1.29, 1.82) is 0 Å². The van der Waals surface area contributed by atoms with E-state index in [0.717, 1.165) is 19.3 Å². The lowest BCUT2D eigenvalue weighted by atomic mass is 9.75. The number of amides is 1. The molecule has 0 aliphatic carbocycles. The monoisotopic (exact) mass is 215 g/mol. The molecule has 1 amide bonds. The highest BCUT2D eigenvalue weighted by atomic mass is 19.4. The Morgan fingerprint density at radius 1 is 1.21 bits per heavy atom. The third-order valence-corrected chi connectivity index (χ3v) is 2.44. The van der Waals surface area contributed by atoms with Crippen molar-refractivity contribution < 1.29 is 28.3 Å². The average molecular weight is 215 g/mol. The third-order valence-electron chi connectivity index (χ3n) is 2.44. The molecule has 3 N–H and O–H groups in total. The van der Waals surface area contributed by atoms with Crippen LogP contribution in [0.25, 0.3) is 0 Å². The van der Waals surface area contributed by atoms with E-state index in [1.165, 1.54) is 0 Å². The lowest BCUT2D eigenvalue weighted by Crippen LogP contribution is -2.59. The number of rotatable bonds is 2. The SMILES string of the molecule is CC(C)(C(=O)NO)C(C)(O)C(F)(F)F. The number of alkyl halides is 3. The molecule has 0 aromatic rings. The zero-order valence-corrected chi connectivity index (χ0v) is 7.94. The second-order valence-corrected chi connectivity index (χ2v) is 3.64. The molecule has 0 saturated heterocycles. The van der Waals surface area contributed by atoms with E-state index in [0.29, 0.717) is 6.92 Å². The second kappa shape index (κ2) is 3.39. The van der Waals surface area contributed by atoms with Gasteiger partial charge in [0.1, 0.15) is 0 Å². The lowest BCUT2D eigenvalue weighted by Gasteiger charge is -2.38. The minimum absolute atomic E-state index is 0.474. The topological polar surface area (TPSA) is 69.6 Å². The van der Waals surface area contributed by atoms with Crippen LogP contribution in [0, 0.1) is 5.41 Å². The minimum atomic E-state index is -4.96. The van der Waals surface area contributed by atoms with Gasteiger partial charge >= 0.3 is 6.18 Å². The first-order chi connectivity index (χ1) is 5.98. The van der Waals surface area contributed by atoms with Gasteiger partial charge in [0.2, 0.25) is 0 Å². The summed E-state index contributed by atoms with van der Waals surface area (Å²) in [5.41, 5.74) is -4.31. The molecule has 1 unspecified atom stereocenters. The zero-order chi connectivity index (χ0) is 11.8. The van der Waals surface area contributed by atoms with Crippen LogP contribution in [0.1, 0.15) is 20.8 Å². The molecule has 0 aromatic heterocycles. The number of nitrogens with one attached hydrogen (secondary N) is 1. The summed E-state index contributed by atoms with van der Waals surface area (Å²) in [6.07, 6.45) is -4.96. The minimum Gasteiger partial charge on any atom is -0.380 e. The number of halogens is 3. The van der Waals surface area contributed by atoms with Crippen molar-refractivity contribution in [3.05, 3.63) is 0 Å². The van der Waals surface area contributed by atoms with Gasteiger partial charge in [-0.25, -0.2) is 5.48 Å². The van der Waals surface area contributed by atoms with Crippen molar-refractivity contribution in [2.75, 3.05) is 0 Å². The fraction of sp³-hybridized carbons (Fsp3) is 0.857. The van der Waals surface area contributed by atoms with E-state index in [9.17, 15) is 23.1 Å². The summed E-state index contributed by atoms with van der Waals surface area (Å²) in [6.45, 7) is 2.24. The molecule has 0 fully saturated rings. The van der Waals surface area contributed by atoms with Crippen LogP contribution in [0.3, 0.4) is 0 Å². The Hall–Kier alpha value is -0.820. The summed E-state index contributed by atoms with van der Waals surface area (Å²) < 4.78 is 36.9. The van der Waals surface area contributed by atoms with Gasteiger partial charge in [-0.2, -0.15) is 13.2 Å². The fourth-order valence-corrected chi connectivity index (χ4v) is 0.715. The molecule has 0 aromatic carbocycles. The van der Waals surface area contributed by atoms with E-state index in [1.807, 2.05) is 0 Å². The van der Waals surface area contributed by atoms with Gasteiger partial charge in [0, 0.05) is 0 Å². The molecule has 4 nitrogen and oxygen atoms in total. The maximum absolute atomic E-state index is 12.3. The summed E-state index contributed by atoms with van der Waals surface area (Å²) in [4.78, 5) is 10.9. The number of carbonyl (C=O) groups is 1. The average Bonchev–Trinajstić information content (AvgIpc) is 2.00. The summed E-state index contributed by atoms with van der Waals surface area (Å²) in [6, 6.07) is 0. The molecule has 0 rings (SSSR count). The maximum atomic E-state index is 12.3. The Morgan fingerprint density at radius 2 is 1.57 bits per heavy atom. The molecular weight excluding hydrogens is 203 g/mol. The number of hydrogen-bond acceptors (Lipinski definition) is 3. The van der Waals surface area contributed by atoms with Crippen molar-refractivity contribution in [2.45, 2.75) is 32.5 Å². The van der Waals surface area contributed by atoms with Crippen molar-refractivity contribution >= 4 is 5.91 Å². The van der Waals surface area contributed by atoms with Gasteiger partial charge < -0.3 is 5.11 Å². The molecule has 0 spiro atoms. The van der Waals surface area contributed by atoms with Gasteiger partial charge in [-0.15, -0.1) is 0 Å². The molecule has 0 bridgehead atoms. The fourth-order valence-electron chi connectivity index (χ4n) is 0.715. The molecule has 1 atom stereocenters. The molecule has 7 heteroatoms. The van der Waals surface area contributed by atoms with Gasteiger partial charge in [0.15, 0.2) is 5.60 Å². The molecule has 0 saturated carbocycles. The Labute approximate surface area is 78.7 Å². The maximum Gasteiger partial charge on any atom is 0.417 e. The van der Waals surface area contributed by atoms with Gasteiger partial charge in [-0.3, -0.25) is 10.0 Å². The number of hydrogen-bond donors (Lipinski definition) is 3. The van der Waals surface area contributed by atoms with E-state index >= 15 is 0 Å². The van der Waals surface area contributed by atoms with E-state index in [-0.39, 0.29) is 0 Å². The molecule has 0 radical (unpaired) electrons. The van der Waals surface area contributed by atoms with Crippen LogP contribution in [0.15, 0.2) is 0 Å². The molecule has 84 valence electrons. The van der Waals surface area contributed by atoms with Crippen molar-refractivity contribution in [3.63, 3.8) is 0 Å². The van der Waals surface area contributed by atoms with Crippen LogP contribution in [-0.2, 0) is 4.79 Å². The molecule has 0 heterocycles. The standard InChI is InChI=1S/C7H12F3NO3/c1-5(2,4(12)11-14)6(3,13)7(8,9)10/h13-14H,1-3H3,(H,11,12). The summed E-state index contributed by atoms with van der Waals surface area (Å²) in [7, 11) is 0. The van der Waals surface area contributed by atoms with Gasteiger partial charge in [-0.05, 0) is 20.8 Å². The van der Waals surface area contributed by atoms with E-state index in [1.54, 1.807) is 0 Å². The highest BCUT2D eigenvalue weighted by Crippen LogP contribution is 2.43. The molecule has 0 aliphatic heterocycles. The van der Waals surface area contributed by atoms with Crippen LogP contribution in [0.2, 0.25) is 0 Å². The Bertz CT molecular complexity index is 235. The Kier molecular flexibility index (Phi) is 3.19. The number of aliphatic hydroxyl groups is 1. The quantitative estimate of drug-likeness (QED) is 0.472. The van der Waals surface area contributed by atoms with Crippen LogP contribution in [0.5, 0.6) is 0 Å². The first-order valence-corrected chi connectivity index (χ1v) is 3.72. The first kappa shape index (κ1) is 13.2. The Balaban J connectivity index is 5.18. The second-order valence-electron chi connectivity index (χ2n) is 3.64. The highest BCUT2D eigenvalue weighted by Gasteiger charge is 2.62. The van der Waals surface area contributed by atoms with Crippen LogP contribution < -0.4 is 5.48 Å². The van der Waals surface area contributed by atoms with E-state index in [4.69, 9.17) is 5.21 Å². The molecule has 0 aliphatic rings. The highest BCUT2D eigenvalue weighted by molar-refractivity contribution is 5.82. The molecular formula is C7H12F3NO3. The van der Waals surface area contributed by atoms with Gasteiger partial charge in [-0.1, -0.05) is 0 Å². The molecule has 14 heavy (non-hydrogen) atoms. The number of carbonyl (C=O) groups excluding carboxylic acids is 1. The summed E-state index contributed by atoms with van der Waals surface area (Å²) >= 11 is 0. The largest absolute Gasteiger partial charge is 0.417 e. The van der Waals surface area contributed by atoms with Crippen molar-refractivity contribution in [2.24, 2.45) is 5.41 Å². The van der Waals surface area contributed by atoms with Gasteiger partial charge in [0.25, 0.3) is 5.91 Å². The summed E-state index contributed by atoms with van der Waals surface area (Å²) in [5.74, 6) is -1.31. The lowest BCUT2D eigenvalue weighted by molar-refractivity contribution is -0.285. The van der Waals surface area contributed by atoms with Gasteiger partial charge in [0.05, 0.1) is 5.41 Å². The van der Waals surface area contributed by atoms with Crippen LogP contribution in [0.4, 0.5) is 13.2 Å². The van der Waals surface area contributed by atoms with Crippen molar-refractivity contribution in [3.8, 4) is 0 Å². The normalized spacial score (nSPS) is 17.4. The first-order valence-electron chi connectivity index (χ1n) is 3.72. The summed E-state index contributed by atoms with van der Waals surface area (Å²) in [5, 5.41) is 17.4. The van der Waals surface area contributed by atoms with Crippen molar-refractivity contribution in [1.82, 2.24) is 5.48 Å². The predicted octanol–water partition coefficient (Wildman–Crippen LogP) is 0.831. The zero-order valence-electron chi connectivity index (χ0n) is 7.94. The van der Waals surface area contributed by atoms with Crippen LogP contribution >= 0.6 is 0 Å². The number of hydroxylamine groups is 1. The van der Waals surface area contributed by atoms with E-state index < -0.39 is 23.1 Å². The predicted molar refractivity (Wildman–Crippen MR) is 40.4 cm³/mol. The van der Waals surface area contributed by atoms with E-state index in [2.05, 4.69) is 0 Å². The van der Waals surface area contributed by atoms with Crippen LogP contribution in [-0.4, -0.2) is 28.0 Å².